The number of anilines is 1. The number of rotatable bonds is 5. The molecule has 3 unspecified atom stereocenters. The van der Waals surface area contributed by atoms with Crippen molar-refractivity contribution >= 4 is 39.1 Å². The number of nitrogens with zero attached hydrogens (tertiary/aromatic N) is 5. The third-order valence-corrected chi connectivity index (χ3v) is 10.1. The summed E-state index contributed by atoms with van der Waals surface area (Å²) in [6, 6.07) is 8.81. The lowest BCUT2D eigenvalue weighted by Crippen LogP contribution is -2.51. The van der Waals surface area contributed by atoms with Gasteiger partial charge in [-0.25, -0.2) is 13.8 Å². The van der Waals surface area contributed by atoms with Gasteiger partial charge in [0.25, 0.3) is 0 Å². The molecular weight excluding hydrogens is 586 g/mol. The van der Waals surface area contributed by atoms with E-state index >= 15 is 4.39 Å². The van der Waals surface area contributed by atoms with Crippen molar-refractivity contribution in [3.63, 3.8) is 0 Å². The molecule has 8 rings (SSSR count). The highest BCUT2D eigenvalue weighted by molar-refractivity contribution is 6.36. The molecule has 4 atom stereocenters. The molecule has 4 aliphatic heterocycles. The van der Waals surface area contributed by atoms with Crippen molar-refractivity contribution in [2.24, 2.45) is 0 Å². The van der Waals surface area contributed by atoms with Crippen LogP contribution in [0.1, 0.15) is 37.8 Å². The maximum absolute atomic E-state index is 16.9. The van der Waals surface area contributed by atoms with Crippen molar-refractivity contribution in [2.45, 2.75) is 55.9 Å². The van der Waals surface area contributed by atoms with Crippen molar-refractivity contribution < 1.29 is 18.6 Å². The Balaban J connectivity index is 1.31. The second-order valence-corrected chi connectivity index (χ2v) is 13.0. The number of fused-ring (bicyclic) bond motifs is 5. The topological polar surface area (TPSA) is 86.6 Å². The monoisotopic (exact) mass is 616 g/mol. The first-order valence-corrected chi connectivity index (χ1v) is 15.5. The van der Waals surface area contributed by atoms with Crippen LogP contribution in [-0.2, 0) is 0 Å². The second-order valence-electron chi connectivity index (χ2n) is 12.6. The SMILES string of the molecule is C#Cc1nc(-c2cc(O)cc3cccc(Cl)c23)c(F)c2nc(OCC34CCCN3C[C@H](F)C4)nc(N3CC4CCC(C3)N4)c12. The lowest BCUT2D eigenvalue weighted by Gasteiger charge is -2.34. The average Bonchev–Trinajstić information content (AvgIpc) is 3.66. The lowest BCUT2D eigenvalue weighted by molar-refractivity contribution is 0.107. The van der Waals surface area contributed by atoms with E-state index in [1.54, 1.807) is 24.3 Å². The summed E-state index contributed by atoms with van der Waals surface area (Å²) in [6.07, 6.45) is 9.40. The molecule has 8 nitrogen and oxygen atoms in total. The number of aromatic nitrogens is 3. The van der Waals surface area contributed by atoms with Crippen LogP contribution in [0.2, 0.25) is 5.02 Å². The maximum atomic E-state index is 16.9. The summed E-state index contributed by atoms with van der Waals surface area (Å²) in [5.41, 5.74) is -0.0383. The highest BCUT2D eigenvalue weighted by Crippen LogP contribution is 2.43. The molecule has 4 aromatic rings. The minimum absolute atomic E-state index is 0.0136. The van der Waals surface area contributed by atoms with Gasteiger partial charge in [-0.2, -0.15) is 9.97 Å². The van der Waals surface area contributed by atoms with E-state index in [2.05, 4.69) is 31.0 Å². The first-order chi connectivity index (χ1) is 21.3. The average molecular weight is 617 g/mol. The van der Waals surface area contributed by atoms with Crippen LogP contribution in [0.25, 0.3) is 32.9 Å². The third kappa shape index (κ3) is 4.44. The molecule has 4 saturated heterocycles. The lowest BCUT2D eigenvalue weighted by atomic mass is 9.95. The van der Waals surface area contributed by atoms with E-state index in [0.717, 1.165) is 32.2 Å². The summed E-state index contributed by atoms with van der Waals surface area (Å²) in [5.74, 6) is 2.34. The number of pyridine rings is 1. The number of aromatic hydroxyl groups is 1. The zero-order valence-corrected chi connectivity index (χ0v) is 24.7. The first kappa shape index (κ1) is 27.7. The number of terminal acetylenes is 1. The van der Waals surface area contributed by atoms with Gasteiger partial charge in [0.2, 0.25) is 0 Å². The molecule has 2 bridgehead atoms. The number of phenols is 1. The summed E-state index contributed by atoms with van der Waals surface area (Å²) >= 11 is 6.59. The molecule has 2 aromatic carbocycles. The van der Waals surface area contributed by atoms with Crippen LogP contribution in [0.3, 0.4) is 0 Å². The van der Waals surface area contributed by atoms with Crippen molar-refractivity contribution in [3.05, 3.63) is 46.9 Å². The van der Waals surface area contributed by atoms with Gasteiger partial charge in [0, 0.05) is 54.1 Å². The van der Waals surface area contributed by atoms with Gasteiger partial charge in [0.05, 0.1) is 10.9 Å². The standard InChI is InChI=1S/C33H31ClF2N6O2/c1-2-25-27-30(28(36)29(38-25)23-12-22(43)11-18-5-3-6-24(34)26(18)23)39-32(40-31(27)41-15-20-7-8-21(16-41)37-20)44-17-33-9-4-10-42(33)14-19(35)13-33/h1,3,5-6,11-12,19-21,37,43H,4,7-10,13-17H2/t19-,20?,21?,33?/m1/s1. The molecule has 44 heavy (non-hydrogen) atoms. The van der Waals surface area contributed by atoms with Crippen LogP contribution >= 0.6 is 11.6 Å². The van der Waals surface area contributed by atoms with E-state index in [9.17, 15) is 9.50 Å². The molecule has 226 valence electrons. The number of ether oxygens (including phenoxy) is 1. The Morgan fingerprint density at radius 1 is 1.14 bits per heavy atom. The molecular formula is C33H31ClF2N6O2. The van der Waals surface area contributed by atoms with Crippen molar-refractivity contribution in [1.82, 2.24) is 25.2 Å². The summed E-state index contributed by atoms with van der Waals surface area (Å²) in [7, 11) is 0. The number of phenolic OH excluding ortho intramolecular Hbond substituents is 1. The van der Waals surface area contributed by atoms with Crippen LogP contribution < -0.4 is 15.0 Å². The maximum Gasteiger partial charge on any atom is 0.319 e. The molecule has 0 amide bonds. The van der Waals surface area contributed by atoms with E-state index in [-0.39, 0.29) is 47.4 Å². The third-order valence-electron chi connectivity index (χ3n) is 9.80. The molecule has 6 heterocycles. The normalized spacial score (nSPS) is 26.4. The van der Waals surface area contributed by atoms with Gasteiger partial charge in [0.1, 0.15) is 41.3 Å². The fourth-order valence-corrected chi connectivity index (χ4v) is 8.17. The number of nitrogens with one attached hydrogen (secondary N) is 1. The second kappa shape index (κ2) is 10.4. The Labute approximate surface area is 258 Å². The molecule has 0 saturated carbocycles. The minimum atomic E-state index is -0.906. The Bertz CT molecular complexity index is 1850. The Kier molecular flexibility index (Phi) is 6.56. The van der Waals surface area contributed by atoms with Crippen LogP contribution in [0, 0.1) is 18.2 Å². The minimum Gasteiger partial charge on any atom is -0.508 e. The molecule has 4 fully saturated rings. The predicted molar refractivity (Wildman–Crippen MR) is 166 cm³/mol. The Hall–Kier alpha value is -3.78. The van der Waals surface area contributed by atoms with Crippen LogP contribution in [0.15, 0.2) is 30.3 Å². The predicted octanol–water partition coefficient (Wildman–Crippen LogP) is 5.22. The molecule has 2 aromatic heterocycles. The molecule has 4 aliphatic rings. The van der Waals surface area contributed by atoms with Crippen molar-refractivity contribution in [2.75, 3.05) is 37.7 Å². The summed E-state index contributed by atoms with van der Waals surface area (Å²) in [4.78, 5) is 18.3. The molecule has 2 N–H and O–H groups in total. The van der Waals surface area contributed by atoms with E-state index < -0.39 is 17.5 Å². The molecule has 11 heteroatoms. The fourth-order valence-electron chi connectivity index (χ4n) is 7.88. The number of piperazine rings is 1. The Morgan fingerprint density at radius 3 is 2.75 bits per heavy atom. The number of hydrogen-bond acceptors (Lipinski definition) is 8. The van der Waals surface area contributed by atoms with Gasteiger partial charge in [-0.15, -0.1) is 6.42 Å². The van der Waals surface area contributed by atoms with E-state index in [0.29, 0.717) is 58.6 Å². The van der Waals surface area contributed by atoms with Crippen LogP contribution in [-0.4, -0.2) is 81.5 Å². The highest BCUT2D eigenvalue weighted by atomic mass is 35.5. The molecule has 0 spiro atoms. The van der Waals surface area contributed by atoms with Gasteiger partial charge in [-0.1, -0.05) is 23.7 Å². The van der Waals surface area contributed by atoms with Gasteiger partial charge >= 0.3 is 6.01 Å². The van der Waals surface area contributed by atoms with Gasteiger partial charge in [-0.3, -0.25) is 4.90 Å². The molecule has 0 aliphatic carbocycles. The fraction of sp³-hybridized carbons (Fsp3) is 0.424. The van der Waals surface area contributed by atoms with E-state index in [4.69, 9.17) is 27.7 Å². The zero-order valence-electron chi connectivity index (χ0n) is 24.0. The first-order valence-electron chi connectivity index (χ1n) is 15.1. The van der Waals surface area contributed by atoms with E-state index in [1.807, 2.05) is 0 Å². The molecule has 0 radical (unpaired) electrons. The van der Waals surface area contributed by atoms with Crippen LogP contribution in [0.4, 0.5) is 14.6 Å². The quantitative estimate of drug-likeness (QED) is 0.295. The van der Waals surface area contributed by atoms with Gasteiger partial charge in [-0.05, 0) is 61.7 Å². The summed E-state index contributed by atoms with van der Waals surface area (Å²) in [5, 5.41) is 16.1. The van der Waals surface area contributed by atoms with Crippen molar-refractivity contribution in [3.8, 4) is 35.4 Å². The van der Waals surface area contributed by atoms with E-state index in [1.165, 1.54) is 6.07 Å². The number of halogens is 3. The zero-order chi connectivity index (χ0) is 30.2. The van der Waals surface area contributed by atoms with Crippen molar-refractivity contribution in [1.29, 1.82) is 0 Å². The number of alkyl halides is 1. The largest absolute Gasteiger partial charge is 0.508 e. The van der Waals surface area contributed by atoms with Crippen LogP contribution in [0.5, 0.6) is 11.8 Å². The Morgan fingerprint density at radius 2 is 1.95 bits per heavy atom. The highest BCUT2D eigenvalue weighted by Gasteiger charge is 2.49. The number of benzene rings is 2. The summed E-state index contributed by atoms with van der Waals surface area (Å²) < 4.78 is 37.6. The number of hydrogen-bond donors (Lipinski definition) is 2. The van der Waals surface area contributed by atoms with Gasteiger partial charge in [0.15, 0.2) is 5.82 Å². The smallest absolute Gasteiger partial charge is 0.319 e. The summed E-state index contributed by atoms with van der Waals surface area (Å²) in [6.45, 7) is 2.77. The van der Waals surface area contributed by atoms with Gasteiger partial charge < -0.3 is 20.1 Å².